The second-order valence-electron chi connectivity index (χ2n) is 3.86. The summed E-state index contributed by atoms with van der Waals surface area (Å²) in [4.78, 5) is 0. The quantitative estimate of drug-likeness (QED) is 0.621. The summed E-state index contributed by atoms with van der Waals surface area (Å²) in [5.74, 6) is 0. The van der Waals surface area contributed by atoms with Crippen molar-refractivity contribution in [2.24, 2.45) is 5.73 Å². The van der Waals surface area contributed by atoms with E-state index in [0.717, 1.165) is 6.42 Å². The van der Waals surface area contributed by atoms with Crippen LogP contribution in [0.15, 0.2) is 11.6 Å². The van der Waals surface area contributed by atoms with Crippen LogP contribution in [0.3, 0.4) is 0 Å². The third-order valence-corrected chi connectivity index (χ3v) is 1.66. The van der Waals surface area contributed by atoms with Crippen LogP contribution in [0.5, 0.6) is 0 Å². The Hall–Kier alpha value is -0.300. The number of nitrogens with two attached hydrogens (primary N) is 1. The van der Waals surface area contributed by atoms with Gasteiger partial charge in [-0.05, 0) is 33.6 Å². The first kappa shape index (κ1) is 10.7. The van der Waals surface area contributed by atoms with Gasteiger partial charge in [-0.2, -0.15) is 0 Å². The van der Waals surface area contributed by atoms with Crippen LogP contribution in [0, 0.1) is 0 Å². The fraction of sp³-hybridized carbons (Fsp3) is 0.800. The van der Waals surface area contributed by atoms with E-state index < -0.39 is 0 Å². The lowest BCUT2D eigenvalue weighted by molar-refractivity contribution is 0.504. The van der Waals surface area contributed by atoms with Gasteiger partial charge in [0, 0.05) is 5.54 Å². The van der Waals surface area contributed by atoms with Crippen LogP contribution >= 0.6 is 0 Å². The van der Waals surface area contributed by atoms with Crippen molar-refractivity contribution in [3.05, 3.63) is 11.6 Å². The molecule has 0 saturated heterocycles. The molecule has 0 aliphatic rings. The van der Waals surface area contributed by atoms with Crippen molar-refractivity contribution in [3.63, 3.8) is 0 Å². The molecule has 0 bridgehead atoms. The number of hydrogen-bond donors (Lipinski definition) is 1. The van der Waals surface area contributed by atoms with E-state index >= 15 is 0 Å². The first-order chi connectivity index (χ1) is 4.99. The lowest BCUT2D eigenvalue weighted by Crippen LogP contribution is -2.32. The molecular formula is C10H21N. The molecule has 0 fully saturated rings. The molecule has 1 heteroatoms. The minimum atomic E-state index is -0.0446. The largest absolute Gasteiger partial charge is 0.325 e. The van der Waals surface area contributed by atoms with Crippen molar-refractivity contribution in [1.82, 2.24) is 0 Å². The summed E-state index contributed by atoms with van der Waals surface area (Å²) in [5.41, 5.74) is 7.34. The second-order valence-corrected chi connectivity index (χ2v) is 3.86. The Kier molecular flexibility index (Phi) is 4.43. The summed E-state index contributed by atoms with van der Waals surface area (Å²) in [6.07, 6.45) is 5.63. The highest BCUT2D eigenvalue weighted by atomic mass is 14.7. The van der Waals surface area contributed by atoms with Gasteiger partial charge in [-0.3, -0.25) is 0 Å². The Balaban J connectivity index is 3.90. The first-order valence-corrected chi connectivity index (χ1v) is 4.42. The molecule has 0 unspecified atom stereocenters. The normalized spacial score (nSPS) is 13.7. The van der Waals surface area contributed by atoms with Gasteiger partial charge in [0.1, 0.15) is 0 Å². The first-order valence-electron chi connectivity index (χ1n) is 4.42. The third kappa shape index (κ3) is 6.11. The molecule has 0 saturated carbocycles. The van der Waals surface area contributed by atoms with Gasteiger partial charge >= 0.3 is 0 Å². The summed E-state index contributed by atoms with van der Waals surface area (Å²) in [6.45, 7) is 8.45. The smallest absolute Gasteiger partial charge is 0.0134 e. The van der Waals surface area contributed by atoms with Crippen molar-refractivity contribution in [2.45, 2.75) is 52.5 Å². The van der Waals surface area contributed by atoms with Gasteiger partial charge in [0.05, 0.1) is 0 Å². The Bertz CT molecular complexity index is 128. The molecular weight excluding hydrogens is 134 g/mol. The zero-order chi connectivity index (χ0) is 8.91. The van der Waals surface area contributed by atoms with E-state index in [4.69, 9.17) is 5.73 Å². The van der Waals surface area contributed by atoms with Gasteiger partial charge in [0.2, 0.25) is 0 Å². The molecule has 0 rings (SSSR count). The number of hydrogen-bond acceptors (Lipinski definition) is 1. The summed E-state index contributed by atoms with van der Waals surface area (Å²) in [5, 5.41) is 0. The molecule has 11 heavy (non-hydrogen) atoms. The molecule has 1 nitrogen and oxygen atoms in total. The van der Waals surface area contributed by atoms with Gasteiger partial charge in [-0.15, -0.1) is 0 Å². The van der Waals surface area contributed by atoms with Crippen LogP contribution < -0.4 is 5.73 Å². The molecule has 0 aromatic rings. The molecule has 0 aliphatic heterocycles. The Morgan fingerprint density at radius 3 is 2.27 bits per heavy atom. The zero-order valence-electron chi connectivity index (χ0n) is 8.28. The molecule has 0 atom stereocenters. The van der Waals surface area contributed by atoms with Crippen LogP contribution in [0.4, 0.5) is 0 Å². The van der Waals surface area contributed by atoms with Crippen LogP contribution in [0.1, 0.15) is 47.0 Å². The maximum atomic E-state index is 5.90. The fourth-order valence-corrected chi connectivity index (χ4v) is 1.24. The Morgan fingerprint density at radius 2 is 2.00 bits per heavy atom. The summed E-state index contributed by atoms with van der Waals surface area (Å²) < 4.78 is 0. The monoisotopic (exact) mass is 155 g/mol. The minimum Gasteiger partial charge on any atom is -0.325 e. The van der Waals surface area contributed by atoms with Crippen LogP contribution in [-0.2, 0) is 0 Å². The molecule has 0 aromatic heterocycles. The van der Waals surface area contributed by atoms with Crippen LogP contribution in [-0.4, -0.2) is 5.54 Å². The second kappa shape index (κ2) is 4.55. The van der Waals surface area contributed by atoms with Crippen molar-refractivity contribution < 1.29 is 0 Å². The van der Waals surface area contributed by atoms with E-state index in [9.17, 15) is 0 Å². The van der Waals surface area contributed by atoms with Crippen molar-refractivity contribution in [2.75, 3.05) is 0 Å². The van der Waals surface area contributed by atoms with Gasteiger partial charge in [0.15, 0.2) is 0 Å². The maximum absolute atomic E-state index is 5.90. The van der Waals surface area contributed by atoms with E-state index in [0.29, 0.717) is 0 Å². The molecule has 2 N–H and O–H groups in total. The molecule has 66 valence electrons. The van der Waals surface area contributed by atoms with Crippen LogP contribution in [0.25, 0.3) is 0 Å². The van der Waals surface area contributed by atoms with Crippen LogP contribution in [0.2, 0.25) is 0 Å². The molecule has 0 amide bonds. The van der Waals surface area contributed by atoms with Gasteiger partial charge in [-0.25, -0.2) is 0 Å². The van der Waals surface area contributed by atoms with Crippen molar-refractivity contribution in [3.8, 4) is 0 Å². The van der Waals surface area contributed by atoms with E-state index in [2.05, 4.69) is 33.8 Å². The predicted molar refractivity (Wildman–Crippen MR) is 51.5 cm³/mol. The minimum absolute atomic E-state index is 0.0446. The van der Waals surface area contributed by atoms with Gasteiger partial charge < -0.3 is 5.73 Å². The Morgan fingerprint density at radius 1 is 1.45 bits per heavy atom. The van der Waals surface area contributed by atoms with Gasteiger partial charge in [-0.1, -0.05) is 25.0 Å². The average Bonchev–Trinajstić information content (AvgIpc) is 1.84. The SMILES string of the molecule is CC=C(CCC)CC(C)(C)N. The summed E-state index contributed by atoms with van der Waals surface area (Å²) in [7, 11) is 0. The van der Waals surface area contributed by atoms with Gasteiger partial charge in [0.25, 0.3) is 0 Å². The van der Waals surface area contributed by atoms with E-state index in [1.54, 1.807) is 0 Å². The summed E-state index contributed by atoms with van der Waals surface area (Å²) >= 11 is 0. The number of allylic oxidation sites excluding steroid dienone is 1. The Labute approximate surface area is 70.7 Å². The summed E-state index contributed by atoms with van der Waals surface area (Å²) in [6, 6.07) is 0. The van der Waals surface area contributed by atoms with E-state index in [-0.39, 0.29) is 5.54 Å². The highest BCUT2D eigenvalue weighted by Gasteiger charge is 2.11. The third-order valence-electron chi connectivity index (χ3n) is 1.66. The fourth-order valence-electron chi connectivity index (χ4n) is 1.24. The standard InChI is InChI=1S/C10H21N/c1-5-7-9(6-2)8-10(3,4)11/h6H,5,7-8,11H2,1-4H3. The molecule has 0 heterocycles. The van der Waals surface area contributed by atoms with E-state index in [1.807, 2.05) is 0 Å². The number of rotatable bonds is 4. The lowest BCUT2D eigenvalue weighted by atomic mass is 9.93. The molecule has 0 radical (unpaired) electrons. The molecule has 0 aromatic carbocycles. The molecule has 0 spiro atoms. The highest BCUT2D eigenvalue weighted by Crippen LogP contribution is 2.16. The zero-order valence-corrected chi connectivity index (χ0v) is 8.28. The van der Waals surface area contributed by atoms with E-state index in [1.165, 1.54) is 18.4 Å². The van der Waals surface area contributed by atoms with Crippen molar-refractivity contribution >= 4 is 0 Å². The highest BCUT2D eigenvalue weighted by molar-refractivity contribution is 5.04. The lowest BCUT2D eigenvalue weighted by Gasteiger charge is -2.20. The van der Waals surface area contributed by atoms with Crippen molar-refractivity contribution in [1.29, 1.82) is 0 Å². The molecule has 0 aliphatic carbocycles. The maximum Gasteiger partial charge on any atom is 0.0134 e. The predicted octanol–water partition coefficient (Wildman–Crippen LogP) is 2.86. The average molecular weight is 155 g/mol. The topological polar surface area (TPSA) is 26.0 Å².